The second-order valence-corrected chi connectivity index (χ2v) is 7.73. The summed E-state index contributed by atoms with van der Waals surface area (Å²) in [5, 5.41) is 0. The van der Waals surface area contributed by atoms with Gasteiger partial charge in [0.05, 0.1) is 5.52 Å². The first-order chi connectivity index (χ1) is 11.6. The number of aryl methyl sites for hydroxylation is 4. The Morgan fingerprint density at radius 1 is 1.00 bits per heavy atom. The van der Waals surface area contributed by atoms with E-state index in [0.29, 0.717) is 5.82 Å². The fraction of sp³-hybridized carbons (Fsp3) is 0.684. The van der Waals surface area contributed by atoms with E-state index in [-0.39, 0.29) is 0 Å². The third kappa shape index (κ3) is 4.44. The third-order valence-corrected chi connectivity index (χ3v) is 5.70. The lowest BCUT2D eigenvalue weighted by Gasteiger charge is -2.11. The number of unbranched alkanes of at least 4 members (excludes halogenated alkanes) is 2. The molecule has 0 bridgehead atoms. The fourth-order valence-electron chi connectivity index (χ4n) is 2.99. The van der Waals surface area contributed by atoms with Crippen molar-refractivity contribution < 1.29 is 0 Å². The molecule has 2 rings (SSSR count). The molecule has 134 valence electrons. The number of nitrogens with zero attached hydrogens (tertiary/aromatic N) is 3. The zero-order valence-electron chi connectivity index (χ0n) is 15.7. The van der Waals surface area contributed by atoms with Crippen molar-refractivity contribution in [3.63, 3.8) is 0 Å². The van der Waals surface area contributed by atoms with Crippen LogP contribution in [0.25, 0.3) is 11.0 Å². The lowest BCUT2D eigenvalue weighted by molar-refractivity contribution is 0.635. The molecule has 24 heavy (non-hydrogen) atoms. The molecule has 2 aromatic rings. The minimum absolute atomic E-state index is 0.571. The third-order valence-electron chi connectivity index (χ3n) is 4.54. The Hall–Kier alpha value is -1.23. The Kier molecular flexibility index (Phi) is 7.40. The molecule has 0 aliphatic carbocycles. The van der Waals surface area contributed by atoms with Gasteiger partial charge in [0.1, 0.15) is 11.3 Å². The molecule has 0 atom stereocenters. The maximum Gasteiger partial charge on any atom is 0.151 e. The lowest BCUT2D eigenvalue weighted by Crippen LogP contribution is -2.07. The van der Waals surface area contributed by atoms with Gasteiger partial charge in [-0.15, -0.1) is 0 Å². The molecule has 5 heteroatoms. The largest absolute Gasteiger partial charge is 0.382 e. The minimum Gasteiger partial charge on any atom is -0.382 e. The van der Waals surface area contributed by atoms with E-state index in [9.17, 15) is 0 Å². The normalized spacial score (nSPS) is 11.5. The Balaban J connectivity index is 2.23. The molecule has 2 heterocycles. The van der Waals surface area contributed by atoms with Gasteiger partial charge in [0.2, 0.25) is 0 Å². The van der Waals surface area contributed by atoms with Gasteiger partial charge in [0, 0.05) is 18.7 Å². The first-order valence-corrected chi connectivity index (χ1v) is 10.4. The SMILES string of the molecule is CCCCSCCCn1c(CCCC)nc2c(N)nc(C)c(C)c21. The predicted octanol–water partition coefficient (Wildman–Crippen LogP) is 4.90. The lowest BCUT2D eigenvalue weighted by atomic mass is 10.2. The Labute approximate surface area is 150 Å². The summed E-state index contributed by atoms with van der Waals surface area (Å²) in [6, 6.07) is 0. The van der Waals surface area contributed by atoms with Crippen molar-refractivity contribution in [3.8, 4) is 0 Å². The average Bonchev–Trinajstić information content (AvgIpc) is 2.93. The summed E-state index contributed by atoms with van der Waals surface area (Å²) in [5.74, 6) is 4.24. The van der Waals surface area contributed by atoms with E-state index >= 15 is 0 Å². The molecular formula is C19H32N4S. The highest BCUT2D eigenvalue weighted by Crippen LogP contribution is 2.27. The van der Waals surface area contributed by atoms with E-state index in [1.165, 1.54) is 60.5 Å². The van der Waals surface area contributed by atoms with Crippen molar-refractivity contribution in [1.29, 1.82) is 0 Å². The van der Waals surface area contributed by atoms with E-state index in [0.717, 1.165) is 24.2 Å². The molecule has 0 radical (unpaired) electrons. The van der Waals surface area contributed by atoms with Gasteiger partial charge in [-0.25, -0.2) is 9.97 Å². The molecule has 0 amide bonds. The zero-order valence-corrected chi connectivity index (χ0v) is 16.5. The number of imidazole rings is 1. The van der Waals surface area contributed by atoms with Gasteiger partial charge in [-0.05, 0) is 50.2 Å². The second-order valence-electron chi connectivity index (χ2n) is 6.51. The Morgan fingerprint density at radius 2 is 1.71 bits per heavy atom. The molecule has 0 aliphatic rings. The zero-order chi connectivity index (χ0) is 17.5. The molecule has 0 spiro atoms. The maximum absolute atomic E-state index is 6.16. The molecule has 0 saturated heterocycles. The van der Waals surface area contributed by atoms with Gasteiger partial charge in [0.15, 0.2) is 5.82 Å². The number of pyridine rings is 1. The molecular weight excluding hydrogens is 316 g/mol. The number of anilines is 1. The highest BCUT2D eigenvalue weighted by Gasteiger charge is 2.17. The summed E-state index contributed by atoms with van der Waals surface area (Å²) in [7, 11) is 0. The molecule has 0 aromatic carbocycles. The number of rotatable bonds is 10. The van der Waals surface area contributed by atoms with Crippen molar-refractivity contribution in [3.05, 3.63) is 17.1 Å². The number of fused-ring (bicyclic) bond motifs is 1. The molecule has 2 aromatic heterocycles. The van der Waals surface area contributed by atoms with Gasteiger partial charge < -0.3 is 10.3 Å². The van der Waals surface area contributed by atoms with Crippen LogP contribution in [0.3, 0.4) is 0 Å². The smallest absolute Gasteiger partial charge is 0.151 e. The van der Waals surface area contributed by atoms with Gasteiger partial charge in [-0.1, -0.05) is 26.7 Å². The molecule has 0 fully saturated rings. The second kappa shape index (κ2) is 9.30. The quantitative estimate of drug-likeness (QED) is 0.621. The highest BCUT2D eigenvalue weighted by molar-refractivity contribution is 7.99. The summed E-state index contributed by atoms with van der Waals surface area (Å²) >= 11 is 2.07. The van der Waals surface area contributed by atoms with Crippen LogP contribution in [0.15, 0.2) is 0 Å². The Bertz CT molecular complexity index is 663. The van der Waals surface area contributed by atoms with Crippen LogP contribution < -0.4 is 5.73 Å². The summed E-state index contributed by atoms with van der Waals surface area (Å²) in [6.07, 6.45) is 7.15. The Morgan fingerprint density at radius 3 is 2.42 bits per heavy atom. The van der Waals surface area contributed by atoms with Crippen LogP contribution >= 0.6 is 11.8 Å². The van der Waals surface area contributed by atoms with Crippen molar-refractivity contribution in [1.82, 2.24) is 14.5 Å². The molecule has 0 saturated carbocycles. The van der Waals surface area contributed by atoms with Crippen LogP contribution in [-0.4, -0.2) is 26.0 Å². The highest BCUT2D eigenvalue weighted by atomic mass is 32.2. The molecule has 0 unspecified atom stereocenters. The fourth-order valence-corrected chi connectivity index (χ4v) is 4.02. The van der Waals surface area contributed by atoms with Crippen LogP contribution in [-0.2, 0) is 13.0 Å². The summed E-state index contributed by atoms with van der Waals surface area (Å²) in [4.78, 5) is 9.31. The van der Waals surface area contributed by atoms with Gasteiger partial charge in [0.25, 0.3) is 0 Å². The topological polar surface area (TPSA) is 56.7 Å². The summed E-state index contributed by atoms with van der Waals surface area (Å²) in [6.45, 7) is 9.68. The predicted molar refractivity (Wildman–Crippen MR) is 107 cm³/mol. The molecule has 0 aliphatic heterocycles. The van der Waals surface area contributed by atoms with Crippen LogP contribution in [0.4, 0.5) is 5.82 Å². The van der Waals surface area contributed by atoms with Crippen LogP contribution in [0.5, 0.6) is 0 Å². The van der Waals surface area contributed by atoms with Gasteiger partial charge >= 0.3 is 0 Å². The van der Waals surface area contributed by atoms with Gasteiger partial charge in [-0.2, -0.15) is 11.8 Å². The van der Waals surface area contributed by atoms with E-state index in [4.69, 9.17) is 10.7 Å². The van der Waals surface area contributed by atoms with Crippen LogP contribution in [0, 0.1) is 13.8 Å². The van der Waals surface area contributed by atoms with Crippen molar-refractivity contribution in [2.75, 3.05) is 17.2 Å². The van der Waals surface area contributed by atoms with Gasteiger partial charge in [-0.3, -0.25) is 0 Å². The van der Waals surface area contributed by atoms with E-state index < -0.39 is 0 Å². The number of hydrogen-bond acceptors (Lipinski definition) is 4. The number of nitrogens with two attached hydrogens (primary N) is 1. The van der Waals surface area contributed by atoms with Crippen LogP contribution in [0.1, 0.15) is 63.0 Å². The minimum atomic E-state index is 0.571. The number of thioether (sulfide) groups is 1. The monoisotopic (exact) mass is 348 g/mol. The van der Waals surface area contributed by atoms with E-state index in [2.05, 4.69) is 42.1 Å². The summed E-state index contributed by atoms with van der Waals surface area (Å²) < 4.78 is 2.41. The maximum atomic E-state index is 6.16. The number of hydrogen-bond donors (Lipinski definition) is 1. The standard InChI is InChI=1S/C19H32N4S/c1-5-7-10-16-22-17-18(14(3)15(4)21-19(17)20)23(16)11-9-13-24-12-8-6-2/h5-13H2,1-4H3,(H2,20,21). The van der Waals surface area contributed by atoms with E-state index in [1.54, 1.807) is 0 Å². The molecule has 2 N–H and O–H groups in total. The molecule has 4 nitrogen and oxygen atoms in total. The van der Waals surface area contributed by atoms with Crippen molar-refractivity contribution >= 4 is 28.6 Å². The van der Waals surface area contributed by atoms with Crippen LogP contribution in [0.2, 0.25) is 0 Å². The van der Waals surface area contributed by atoms with Crippen molar-refractivity contribution in [2.45, 2.75) is 72.8 Å². The number of aromatic nitrogens is 3. The number of nitrogen functional groups attached to an aromatic ring is 1. The average molecular weight is 349 g/mol. The first-order valence-electron chi connectivity index (χ1n) is 9.29. The van der Waals surface area contributed by atoms with Crippen molar-refractivity contribution in [2.24, 2.45) is 0 Å². The van der Waals surface area contributed by atoms with E-state index in [1.807, 2.05) is 6.92 Å². The first kappa shape index (κ1) is 19.1. The summed E-state index contributed by atoms with van der Waals surface area (Å²) in [5.41, 5.74) is 10.5.